The van der Waals surface area contributed by atoms with E-state index >= 15 is 0 Å². The molecule has 0 saturated carbocycles. The van der Waals surface area contributed by atoms with Gasteiger partial charge in [0.2, 0.25) is 0 Å². The Morgan fingerprint density at radius 1 is 0.344 bits per heavy atom. The van der Waals surface area contributed by atoms with E-state index in [2.05, 4.69) is 19.9 Å². The molecule has 90 heavy (non-hydrogen) atoms. The smallest absolute Gasteiger partial charge is 0.177 e. The van der Waals surface area contributed by atoms with Gasteiger partial charge in [0.05, 0.1) is 28.2 Å². The van der Waals surface area contributed by atoms with Gasteiger partial charge in [0, 0.05) is 22.4 Å². The Hall–Kier alpha value is -5.83. The number of rotatable bonds is 2. The van der Waals surface area contributed by atoms with Crippen molar-refractivity contribution >= 4 is 129 Å². The summed E-state index contributed by atoms with van der Waals surface area (Å²) in [7, 11) is 0. The molecule has 6 aromatic carbocycles. The maximum Gasteiger partial charge on any atom is 0.177 e. The Labute approximate surface area is 546 Å². The van der Waals surface area contributed by atoms with Gasteiger partial charge in [0.25, 0.3) is 0 Å². The van der Waals surface area contributed by atoms with Crippen LogP contribution < -0.4 is 0 Å². The molecule has 12 aromatic rings. The van der Waals surface area contributed by atoms with Crippen LogP contribution in [-0.4, -0.2) is 0 Å². The number of hydrogen-bond acceptors (Lipinski definition) is 6. The van der Waals surface area contributed by atoms with Crippen LogP contribution in [0.15, 0.2) is 105 Å². The minimum Gasteiger partial charge on any atom is -0.206 e. The summed E-state index contributed by atoms with van der Waals surface area (Å²) < 4.78 is 173. The van der Waals surface area contributed by atoms with Gasteiger partial charge in [-0.1, -0.05) is 125 Å². The highest BCUT2D eigenvalue weighted by molar-refractivity contribution is 7.18. The predicted octanol–water partition coefficient (Wildman–Crippen LogP) is 29.0. The molecule has 0 aliphatic heterocycles. The second-order valence-electron chi connectivity index (χ2n) is 18.7. The van der Waals surface area contributed by atoms with Crippen molar-refractivity contribution in [3.8, 4) is 0 Å². The van der Waals surface area contributed by atoms with Gasteiger partial charge in [0.15, 0.2) is 58.2 Å². The van der Waals surface area contributed by atoms with Gasteiger partial charge >= 0.3 is 0 Å². The van der Waals surface area contributed by atoms with Gasteiger partial charge in [-0.25, -0.2) is 57.1 Å². The molecule has 0 nitrogen and oxygen atoms in total. The van der Waals surface area contributed by atoms with E-state index in [0.29, 0.717) is 49.2 Å². The van der Waals surface area contributed by atoms with Crippen molar-refractivity contribution in [1.82, 2.24) is 0 Å². The fourth-order valence-corrected chi connectivity index (χ4v) is 12.6. The molecule has 0 aliphatic rings. The number of benzene rings is 6. The van der Waals surface area contributed by atoms with Crippen LogP contribution in [-0.2, 0) is 11.8 Å². The topological polar surface area (TPSA) is 0 Å². The highest BCUT2D eigenvalue weighted by atomic mass is 32.1. The molecule has 0 radical (unpaired) electrons. The largest absolute Gasteiger partial charge is 0.206 e. The molecular weight excluding hydrogens is 1290 g/mol. The SMILES string of the molecule is CC.CC.CC.CC.CC.CC.CC(C)(C)c1cc2ccsc2c(F)c1F.CC(C)c1cc(F)c2sccc2c1.CCc1cc2ccsc2c(F)c1F.Cc1c(F)c(F)c2sccc2c1F.Cc1cc2ccsc2c(F)c1F.Fc1cc(F)c2ccsc2c1F. The molecule has 6 heterocycles. The van der Waals surface area contributed by atoms with Crippen LogP contribution >= 0.6 is 68.0 Å². The van der Waals surface area contributed by atoms with Crippen molar-refractivity contribution in [3.05, 3.63) is 209 Å². The van der Waals surface area contributed by atoms with Gasteiger partial charge < -0.3 is 0 Å². The van der Waals surface area contributed by atoms with Gasteiger partial charge in [-0.05, 0) is 174 Å². The predicted molar refractivity (Wildman–Crippen MR) is 370 cm³/mol. The molecule has 0 bridgehead atoms. The lowest BCUT2D eigenvalue weighted by Crippen LogP contribution is -2.14. The van der Waals surface area contributed by atoms with E-state index in [1.807, 2.05) is 134 Å². The van der Waals surface area contributed by atoms with Gasteiger partial charge in [-0.2, -0.15) is 0 Å². The molecule has 6 aromatic heterocycles. The molecule has 0 saturated heterocycles. The molecule has 0 fully saturated rings. The average molecular weight is 1370 g/mol. The lowest BCUT2D eigenvalue weighted by Gasteiger charge is -2.20. The number of halogens is 13. The molecule has 0 N–H and O–H groups in total. The van der Waals surface area contributed by atoms with Crippen molar-refractivity contribution in [1.29, 1.82) is 0 Å². The highest BCUT2D eigenvalue weighted by Crippen LogP contribution is 2.36. The number of fused-ring (bicyclic) bond motifs is 6. The summed E-state index contributed by atoms with van der Waals surface area (Å²) in [5, 5.41) is 14.0. The minimum absolute atomic E-state index is 0.0347. The van der Waals surface area contributed by atoms with Gasteiger partial charge in [-0.15, -0.1) is 68.0 Å². The molecule has 0 unspecified atom stereocenters. The van der Waals surface area contributed by atoms with Gasteiger partial charge in [-0.3, -0.25) is 0 Å². The van der Waals surface area contributed by atoms with Crippen molar-refractivity contribution in [2.45, 2.75) is 156 Å². The van der Waals surface area contributed by atoms with Crippen LogP contribution in [0.25, 0.3) is 60.5 Å². The second kappa shape index (κ2) is 40.2. The van der Waals surface area contributed by atoms with E-state index in [0.717, 1.165) is 54.5 Å². The fraction of sp³-hybridized carbons (Fsp3) is 0.324. The van der Waals surface area contributed by atoms with Crippen LogP contribution in [0.2, 0.25) is 0 Å². The first kappa shape index (κ1) is 82.2. The normalized spacial score (nSPS) is 10.2. The van der Waals surface area contributed by atoms with Crippen LogP contribution in [0, 0.1) is 89.5 Å². The number of aryl methyl sites for hydroxylation is 2. The molecule has 492 valence electrons. The molecule has 0 aliphatic carbocycles. The average Bonchev–Trinajstić information content (AvgIpc) is 1.68. The van der Waals surface area contributed by atoms with E-state index < -0.39 is 69.8 Å². The maximum atomic E-state index is 13.7. The van der Waals surface area contributed by atoms with Crippen LogP contribution in [0.5, 0.6) is 0 Å². The summed E-state index contributed by atoms with van der Waals surface area (Å²) in [6, 6.07) is 19.6. The summed E-state index contributed by atoms with van der Waals surface area (Å²) >= 11 is 7.13. The van der Waals surface area contributed by atoms with Crippen LogP contribution in [0.3, 0.4) is 0 Å². The van der Waals surface area contributed by atoms with Crippen molar-refractivity contribution < 1.29 is 57.1 Å². The standard InChI is InChI=1S/C12H12F2S.C11H11FS.C10H8F2S.C9H5F3S.C9H6F2S.C8H3F3S.6C2H6/c1-12(2,3)8-6-7-4-5-15-11(7)10(14)9(8)13;1-7(2)9-5-8-3-4-13-11(8)10(12)6-9;1-2-6-5-7-3-4-13-10(7)9(12)8(6)11;1-4-6(10)5-2-3-13-9(5)8(12)7(4)11;1-5-4-6-2-3-12-9(6)8(11)7(5)10;9-5-3-6(10)7(11)8-4(5)1-2-12-8;6*1-2/h4-6H,1-3H3;3-7H,1-2H3;3-5H,2H2,1H3;2-3H,1H3;2-4H,1H3;1-3H;6*1-2H3. The van der Waals surface area contributed by atoms with E-state index in [1.165, 1.54) is 75.2 Å². The Balaban J connectivity index is 0.000000522. The first-order chi connectivity index (χ1) is 42.9. The Kier molecular flexibility index (Phi) is 36.7. The van der Waals surface area contributed by atoms with Crippen molar-refractivity contribution in [3.63, 3.8) is 0 Å². The Morgan fingerprint density at radius 3 is 1.19 bits per heavy atom. The third-order valence-electron chi connectivity index (χ3n) is 12.1. The maximum absolute atomic E-state index is 13.7. The first-order valence-electron chi connectivity index (χ1n) is 29.5. The molecular formula is C71H81F13S6. The van der Waals surface area contributed by atoms with Crippen molar-refractivity contribution in [2.75, 3.05) is 0 Å². The highest BCUT2D eigenvalue weighted by Gasteiger charge is 2.24. The van der Waals surface area contributed by atoms with E-state index in [-0.39, 0.29) is 37.0 Å². The summed E-state index contributed by atoms with van der Waals surface area (Å²) in [4.78, 5) is 0. The third-order valence-corrected chi connectivity index (χ3v) is 17.6. The third kappa shape index (κ3) is 20.6. The lowest BCUT2D eigenvalue weighted by molar-refractivity contribution is 0.472. The monoisotopic (exact) mass is 1370 g/mol. The zero-order valence-electron chi connectivity index (χ0n) is 54.5. The molecule has 0 spiro atoms. The molecule has 0 atom stereocenters. The van der Waals surface area contributed by atoms with E-state index in [4.69, 9.17) is 0 Å². The molecule has 0 amide bonds. The summed E-state index contributed by atoms with van der Waals surface area (Å²) in [6.45, 7) is 38.4. The minimum atomic E-state index is -1.14. The number of hydrogen-bond donors (Lipinski definition) is 0. The molecule has 19 heteroatoms. The summed E-state index contributed by atoms with van der Waals surface area (Å²) in [5.74, 6) is -9.52. The van der Waals surface area contributed by atoms with E-state index in [9.17, 15) is 57.1 Å². The zero-order valence-corrected chi connectivity index (χ0v) is 59.4. The van der Waals surface area contributed by atoms with Crippen LogP contribution in [0.1, 0.15) is 158 Å². The molecule has 12 rings (SSSR count). The second-order valence-corrected chi connectivity index (χ2v) is 24.2. The Morgan fingerprint density at radius 2 is 0.722 bits per heavy atom. The zero-order chi connectivity index (χ0) is 69.1. The van der Waals surface area contributed by atoms with Crippen LogP contribution in [0.4, 0.5) is 57.1 Å². The van der Waals surface area contributed by atoms with Crippen molar-refractivity contribution in [2.24, 2.45) is 0 Å². The lowest BCUT2D eigenvalue weighted by atomic mass is 9.86. The first-order valence-corrected chi connectivity index (χ1v) is 34.8. The number of thiophene rings is 6. The summed E-state index contributed by atoms with van der Waals surface area (Å²) in [6.07, 6.45) is 0.522. The quantitative estimate of drug-likeness (QED) is 0.120. The fourth-order valence-electron chi connectivity index (χ4n) is 7.77. The van der Waals surface area contributed by atoms with Gasteiger partial charge in [0.1, 0.15) is 17.5 Å². The summed E-state index contributed by atoms with van der Waals surface area (Å²) in [5.41, 5.74) is 1.68. The Bertz CT molecular complexity index is 4030. The van der Waals surface area contributed by atoms with E-state index in [1.54, 1.807) is 53.4 Å².